The summed E-state index contributed by atoms with van der Waals surface area (Å²) in [6.07, 6.45) is 10.4. The topological polar surface area (TPSA) is 105 Å². The van der Waals surface area contributed by atoms with E-state index in [1.54, 1.807) is 12.1 Å². The third-order valence-corrected chi connectivity index (χ3v) is 5.59. The second kappa shape index (κ2) is 22.5. The third-order valence-electron chi connectivity index (χ3n) is 5.59. The largest absolute Gasteiger partial charge is 0.362 e. The van der Waals surface area contributed by atoms with Crippen molar-refractivity contribution in [3.63, 3.8) is 0 Å². The number of unbranched alkanes of at least 4 members (excludes halogenated alkanes) is 2. The van der Waals surface area contributed by atoms with E-state index >= 15 is 0 Å². The van der Waals surface area contributed by atoms with E-state index < -0.39 is 0 Å². The molecule has 1 saturated carbocycles. The average Bonchev–Trinajstić information content (AvgIpc) is 2.86. The molecule has 0 spiro atoms. The maximum absolute atomic E-state index is 11.9. The number of β-lactam (4-membered cyclic amide) rings is 1. The van der Waals surface area contributed by atoms with Crippen molar-refractivity contribution in [2.45, 2.75) is 98.8 Å². The lowest BCUT2D eigenvalue weighted by Gasteiger charge is -2.28. The van der Waals surface area contributed by atoms with Crippen molar-refractivity contribution in [2.24, 2.45) is 0 Å². The number of aryl methyl sites for hydroxylation is 1. The van der Waals surface area contributed by atoms with Crippen LogP contribution in [0.5, 0.6) is 0 Å². The van der Waals surface area contributed by atoms with E-state index in [1.807, 2.05) is 39.8 Å². The molecule has 3 rings (SSSR count). The molecule has 0 bridgehead atoms. The van der Waals surface area contributed by atoms with Gasteiger partial charge in [-0.15, -0.1) is 0 Å². The van der Waals surface area contributed by atoms with Gasteiger partial charge in [-0.05, 0) is 30.5 Å². The number of rotatable bonds is 12. The number of carbonyl (C=O) groups excluding carboxylic acids is 4. The molecule has 1 aliphatic carbocycles. The van der Waals surface area contributed by atoms with Crippen molar-refractivity contribution < 1.29 is 23.9 Å². The lowest BCUT2D eigenvalue weighted by atomic mass is 10.0. The van der Waals surface area contributed by atoms with Crippen LogP contribution in [0.15, 0.2) is 24.3 Å². The number of amides is 4. The fourth-order valence-electron chi connectivity index (χ4n) is 3.06. The van der Waals surface area contributed by atoms with Crippen LogP contribution >= 0.6 is 0 Å². The van der Waals surface area contributed by atoms with E-state index in [2.05, 4.69) is 17.6 Å². The highest BCUT2D eigenvalue weighted by Gasteiger charge is 2.29. The van der Waals surface area contributed by atoms with E-state index in [1.165, 1.54) is 30.6 Å². The maximum atomic E-state index is 11.9. The van der Waals surface area contributed by atoms with Crippen LogP contribution in [0.1, 0.15) is 98.0 Å². The number of likely N-dealkylation sites (tertiary alicyclic amines) is 1. The number of carbonyl (C=O) groups is 4. The van der Waals surface area contributed by atoms with Gasteiger partial charge in [0.15, 0.2) is 0 Å². The van der Waals surface area contributed by atoms with Crippen LogP contribution in [0.2, 0.25) is 0 Å². The number of anilines is 1. The van der Waals surface area contributed by atoms with Gasteiger partial charge in [-0.1, -0.05) is 85.3 Å². The number of hydrogen-bond donors (Lipinski definition) is 2. The van der Waals surface area contributed by atoms with Gasteiger partial charge in [-0.3, -0.25) is 24.1 Å². The lowest BCUT2D eigenvalue weighted by Crippen LogP contribution is -2.47. The Morgan fingerprint density at radius 3 is 1.97 bits per heavy atom. The van der Waals surface area contributed by atoms with Crippen LogP contribution in [-0.2, 0) is 30.3 Å². The van der Waals surface area contributed by atoms with Gasteiger partial charge in [-0.2, -0.15) is 0 Å². The number of nitrogens with zero attached hydrogens (tertiary/aromatic N) is 1. The first-order chi connectivity index (χ1) is 18.0. The minimum atomic E-state index is -0.344. The molecule has 1 saturated heterocycles. The summed E-state index contributed by atoms with van der Waals surface area (Å²) >= 11 is 0. The number of hydrogen-bond acceptors (Lipinski definition) is 5. The second-order valence-corrected chi connectivity index (χ2v) is 8.40. The highest BCUT2D eigenvalue weighted by molar-refractivity contribution is 5.99. The third kappa shape index (κ3) is 15.9. The summed E-state index contributed by atoms with van der Waals surface area (Å²) in [5.74, 6) is -0.829. The summed E-state index contributed by atoms with van der Waals surface area (Å²) in [6, 6.07) is 7.14. The van der Waals surface area contributed by atoms with Crippen molar-refractivity contribution in [3.8, 4) is 0 Å². The molecule has 0 radical (unpaired) electrons. The van der Waals surface area contributed by atoms with Gasteiger partial charge in [0.05, 0.1) is 0 Å². The van der Waals surface area contributed by atoms with E-state index in [4.69, 9.17) is 4.74 Å². The van der Waals surface area contributed by atoms with Crippen molar-refractivity contribution in [1.29, 1.82) is 0 Å². The Balaban J connectivity index is 0.00000141. The first kappa shape index (κ1) is 34.3. The van der Waals surface area contributed by atoms with E-state index in [0.717, 1.165) is 24.8 Å². The molecule has 0 aromatic heterocycles. The SMILES string of the molecule is C1CCC1.CC.CC.CCCCCNC(=O)COCC(=O)Nc1ccc(CCC(=O)N2CCC2=O)cc1. The molecule has 210 valence electrons. The quantitative estimate of drug-likeness (QED) is 0.290. The number of ether oxygens (including phenoxy) is 1. The van der Waals surface area contributed by atoms with Gasteiger partial charge in [0.25, 0.3) is 0 Å². The van der Waals surface area contributed by atoms with Gasteiger partial charge in [0.2, 0.25) is 23.6 Å². The zero-order valence-corrected chi connectivity index (χ0v) is 23.7. The summed E-state index contributed by atoms with van der Waals surface area (Å²) in [6.45, 7) is 10.9. The molecule has 2 aliphatic rings. The van der Waals surface area contributed by atoms with Crippen molar-refractivity contribution in [3.05, 3.63) is 29.8 Å². The zero-order valence-electron chi connectivity index (χ0n) is 23.7. The standard InChI is InChI=1S/C21H29N3O5.C4H8.2C2H6/c1-2-3-4-12-22-18(25)14-29-15-19(26)23-17-8-5-16(6-9-17)7-10-20(27)24-13-11-21(24)28;1-2-4-3-1;2*1-2/h5-6,8-9H,2-4,7,10-15H2,1H3,(H,22,25)(H,23,26);1-4H2;2*1-2H3. The minimum absolute atomic E-state index is 0.107. The van der Waals surface area contributed by atoms with Crippen LogP contribution in [0.4, 0.5) is 5.69 Å². The predicted octanol–water partition coefficient (Wildman–Crippen LogP) is 5.25. The summed E-state index contributed by atoms with van der Waals surface area (Å²) in [4.78, 5) is 47.8. The van der Waals surface area contributed by atoms with Crippen LogP contribution in [0.25, 0.3) is 0 Å². The molecule has 0 atom stereocenters. The molecule has 1 aliphatic heterocycles. The van der Waals surface area contributed by atoms with Crippen LogP contribution in [-0.4, -0.2) is 54.8 Å². The number of nitrogens with one attached hydrogen (secondary N) is 2. The molecule has 1 aromatic carbocycles. The first-order valence-corrected chi connectivity index (χ1v) is 14.1. The van der Waals surface area contributed by atoms with Gasteiger partial charge in [0.1, 0.15) is 13.2 Å². The van der Waals surface area contributed by atoms with Gasteiger partial charge < -0.3 is 15.4 Å². The molecule has 8 nitrogen and oxygen atoms in total. The van der Waals surface area contributed by atoms with Crippen molar-refractivity contribution in [2.75, 3.05) is 31.6 Å². The molecule has 8 heteroatoms. The monoisotopic (exact) mass is 519 g/mol. The maximum Gasteiger partial charge on any atom is 0.250 e. The lowest BCUT2D eigenvalue weighted by molar-refractivity contribution is -0.152. The predicted molar refractivity (Wildman–Crippen MR) is 149 cm³/mol. The summed E-state index contributed by atoms with van der Waals surface area (Å²) in [7, 11) is 0. The van der Waals surface area contributed by atoms with Crippen LogP contribution < -0.4 is 10.6 Å². The highest BCUT2D eigenvalue weighted by atomic mass is 16.5. The van der Waals surface area contributed by atoms with Crippen LogP contribution in [0, 0.1) is 0 Å². The van der Waals surface area contributed by atoms with E-state index in [0.29, 0.717) is 31.6 Å². The van der Waals surface area contributed by atoms with E-state index in [-0.39, 0.29) is 43.3 Å². The van der Waals surface area contributed by atoms with Gasteiger partial charge >= 0.3 is 0 Å². The Kier molecular flexibility index (Phi) is 20.8. The Morgan fingerprint density at radius 1 is 0.892 bits per heavy atom. The molecule has 37 heavy (non-hydrogen) atoms. The normalized spacial score (nSPS) is 13.1. The second-order valence-electron chi connectivity index (χ2n) is 8.40. The fraction of sp³-hybridized carbons (Fsp3) is 0.655. The number of benzene rings is 1. The molecule has 1 aromatic rings. The van der Waals surface area contributed by atoms with E-state index in [9.17, 15) is 19.2 Å². The van der Waals surface area contributed by atoms with Gasteiger partial charge in [-0.25, -0.2) is 0 Å². The molecule has 2 N–H and O–H groups in total. The number of imide groups is 1. The summed E-state index contributed by atoms with van der Waals surface area (Å²) in [5.41, 5.74) is 1.55. The van der Waals surface area contributed by atoms with Gasteiger partial charge in [0, 0.05) is 31.6 Å². The Bertz CT molecular complexity index is 772. The fourth-order valence-corrected chi connectivity index (χ4v) is 3.06. The first-order valence-electron chi connectivity index (χ1n) is 14.1. The van der Waals surface area contributed by atoms with Crippen molar-refractivity contribution in [1.82, 2.24) is 10.2 Å². The smallest absolute Gasteiger partial charge is 0.250 e. The zero-order chi connectivity index (χ0) is 27.9. The molecule has 2 fully saturated rings. The molecular formula is C29H49N3O5. The average molecular weight is 520 g/mol. The Morgan fingerprint density at radius 2 is 1.49 bits per heavy atom. The van der Waals surface area contributed by atoms with Crippen molar-refractivity contribution >= 4 is 29.3 Å². The molecular weight excluding hydrogens is 470 g/mol. The van der Waals surface area contributed by atoms with Crippen LogP contribution in [0.3, 0.4) is 0 Å². The molecule has 0 unspecified atom stereocenters. The Labute approximate surface area is 223 Å². The minimum Gasteiger partial charge on any atom is -0.362 e. The summed E-state index contributed by atoms with van der Waals surface area (Å²) in [5, 5.41) is 5.44. The highest BCUT2D eigenvalue weighted by Crippen LogP contribution is 2.15. The Hall–Kier alpha value is -2.74. The summed E-state index contributed by atoms with van der Waals surface area (Å²) < 4.78 is 5.13. The molecule has 4 amide bonds. The molecule has 1 heterocycles.